The lowest BCUT2D eigenvalue weighted by Crippen LogP contribution is -2.43. The largest absolute Gasteiger partial charge is 0.309 e. The van der Waals surface area contributed by atoms with Crippen molar-refractivity contribution in [1.29, 1.82) is 0 Å². The Morgan fingerprint density at radius 1 is 1.27 bits per heavy atom. The van der Waals surface area contributed by atoms with Crippen molar-refractivity contribution in [3.63, 3.8) is 0 Å². The minimum atomic E-state index is -3.66. The van der Waals surface area contributed by atoms with Gasteiger partial charge in [-0.3, -0.25) is 14.2 Å². The third-order valence-electron chi connectivity index (χ3n) is 4.93. The number of aromatic nitrogens is 4. The topological polar surface area (TPSA) is 102 Å². The molecule has 1 saturated heterocycles. The molecule has 3 heterocycles. The van der Waals surface area contributed by atoms with Crippen LogP contribution in [0.2, 0.25) is 0 Å². The Hall–Kier alpha value is -2.20. The number of aryl methyl sites for hydroxylation is 3. The van der Waals surface area contributed by atoms with Crippen LogP contribution in [0.15, 0.2) is 17.2 Å². The van der Waals surface area contributed by atoms with Gasteiger partial charge in [-0.1, -0.05) is 0 Å². The molecule has 3 rings (SSSR count). The second-order valence-corrected chi connectivity index (χ2v) is 8.61. The highest BCUT2D eigenvalue weighted by molar-refractivity contribution is 7.89. The number of sulfonamides is 1. The summed E-state index contributed by atoms with van der Waals surface area (Å²) in [4.78, 5) is 12.8. The van der Waals surface area contributed by atoms with Crippen LogP contribution < -0.4 is 5.32 Å². The van der Waals surface area contributed by atoms with E-state index in [1.54, 1.807) is 31.8 Å². The lowest BCUT2D eigenvalue weighted by atomic mass is 9.99. The number of nitrogens with one attached hydrogen (secondary N) is 1. The standard InChI is InChI=1S/C16H24N6O3S/c1-11-8-15(19-20(11)3)18-16(23)13-6-5-7-22(10-13)26(24,25)14-9-17-21(4)12(14)2/h8-9,13H,5-7,10H2,1-4H3,(H,18,19,23)/t13-/m0/s1. The molecule has 0 aromatic carbocycles. The lowest BCUT2D eigenvalue weighted by Gasteiger charge is -2.30. The number of hydrogen-bond acceptors (Lipinski definition) is 5. The summed E-state index contributed by atoms with van der Waals surface area (Å²) in [6.07, 6.45) is 2.65. The van der Waals surface area contributed by atoms with Crippen molar-refractivity contribution >= 4 is 21.7 Å². The molecule has 2 aromatic rings. The maximum absolute atomic E-state index is 12.9. The molecule has 1 amide bonds. The number of carbonyl (C=O) groups excluding carboxylic acids is 1. The van der Waals surface area contributed by atoms with Gasteiger partial charge >= 0.3 is 0 Å². The quantitative estimate of drug-likeness (QED) is 0.846. The van der Waals surface area contributed by atoms with Crippen LogP contribution in [0.3, 0.4) is 0 Å². The first kappa shape index (κ1) is 18.6. The molecule has 1 N–H and O–H groups in total. The van der Waals surface area contributed by atoms with Crippen molar-refractivity contribution < 1.29 is 13.2 Å². The minimum absolute atomic E-state index is 0.161. The van der Waals surface area contributed by atoms with E-state index in [2.05, 4.69) is 15.5 Å². The van der Waals surface area contributed by atoms with E-state index in [-0.39, 0.29) is 17.3 Å². The molecule has 0 radical (unpaired) electrons. The van der Waals surface area contributed by atoms with E-state index >= 15 is 0 Å². The molecule has 0 saturated carbocycles. The van der Waals surface area contributed by atoms with Crippen LogP contribution >= 0.6 is 0 Å². The van der Waals surface area contributed by atoms with E-state index in [0.717, 1.165) is 5.69 Å². The average Bonchev–Trinajstić information content (AvgIpc) is 3.10. The first-order chi connectivity index (χ1) is 12.2. The molecule has 1 aliphatic heterocycles. The highest BCUT2D eigenvalue weighted by Gasteiger charge is 2.35. The fourth-order valence-corrected chi connectivity index (χ4v) is 4.81. The van der Waals surface area contributed by atoms with Gasteiger partial charge in [-0.05, 0) is 26.7 Å². The second kappa shape index (κ2) is 6.84. The monoisotopic (exact) mass is 380 g/mol. The van der Waals surface area contributed by atoms with Gasteiger partial charge in [0.05, 0.1) is 17.8 Å². The zero-order valence-electron chi connectivity index (χ0n) is 15.4. The fourth-order valence-electron chi connectivity index (χ4n) is 3.10. The van der Waals surface area contributed by atoms with Crippen LogP contribution in [-0.4, -0.2) is 51.3 Å². The highest BCUT2D eigenvalue weighted by Crippen LogP contribution is 2.26. The number of anilines is 1. The fraction of sp³-hybridized carbons (Fsp3) is 0.562. The number of piperidine rings is 1. The van der Waals surface area contributed by atoms with Gasteiger partial charge in [-0.2, -0.15) is 14.5 Å². The van der Waals surface area contributed by atoms with Crippen LogP contribution in [-0.2, 0) is 28.9 Å². The van der Waals surface area contributed by atoms with E-state index in [1.165, 1.54) is 15.2 Å². The van der Waals surface area contributed by atoms with Gasteiger partial charge in [0.25, 0.3) is 0 Å². The van der Waals surface area contributed by atoms with Gasteiger partial charge in [0, 0.05) is 38.9 Å². The van der Waals surface area contributed by atoms with Crippen LogP contribution in [0.5, 0.6) is 0 Å². The van der Waals surface area contributed by atoms with Crippen LogP contribution in [0.25, 0.3) is 0 Å². The molecule has 0 bridgehead atoms. The molecule has 0 aliphatic carbocycles. The first-order valence-corrected chi connectivity index (χ1v) is 9.94. The van der Waals surface area contributed by atoms with Crippen molar-refractivity contribution in [1.82, 2.24) is 23.9 Å². The van der Waals surface area contributed by atoms with Crippen molar-refractivity contribution in [3.8, 4) is 0 Å². The smallest absolute Gasteiger partial charge is 0.246 e. The Kier molecular flexibility index (Phi) is 4.89. The number of amides is 1. The molecule has 1 fully saturated rings. The summed E-state index contributed by atoms with van der Waals surface area (Å²) in [6.45, 7) is 4.18. The highest BCUT2D eigenvalue weighted by atomic mass is 32.2. The molecule has 1 aliphatic rings. The van der Waals surface area contributed by atoms with Crippen LogP contribution in [0.1, 0.15) is 24.2 Å². The van der Waals surface area contributed by atoms with Gasteiger partial charge in [0.2, 0.25) is 15.9 Å². The van der Waals surface area contributed by atoms with Gasteiger partial charge in [0.15, 0.2) is 5.82 Å². The molecule has 26 heavy (non-hydrogen) atoms. The average molecular weight is 380 g/mol. The van der Waals surface area contributed by atoms with E-state index < -0.39 is 15.9 Å². The Morgan fingerprint density at radius 2 is 2.00 bits per heavy atom. The van der Waals surface area contributed by atoms with Gasteiger partial charge in [-0.15, -0.1) is 0 Å². The molecule has 0 unspecified atom stereocenters. The van der Waals surface area contributed by atoms with Gasteiger partial charge in [-0.25, -0.2) is 8.42 Å². The Labute approximate surface area is 153 Å². The third kappa shape index (κ3) is 3.38. The van der Waals surface area contributed by atoms with Crippen molar-refractivity contribution in [2.75, 3.05) is 18.4 Å². The summed E-state index contributed by atoms with van der Waals surface area (Å²) in [6, 6.07) is 1.79. The molecular formula is C16H24N6O3S. The van der Waals surface area contributed by atoms with E-state index in [1.807, 2.05) is 6.92 Å². The van der Waals surface area contributed by atoms with Crippen LogP contribution in [0, 0.1) is 19.8 Å². The molecule has 10 heteroatoms. The second-order valence-electron chi connectivity index (χ2n) is 6.70. The van der Waals surface area contributed by atoms with E-state index in [0.29, 0.717) is 30.9 Å². The molecular weight excluding hydrogens is 356 g/mol. The van der Waals surface area contributed by atoms with E-state index in [9.17, 15) is 13.2 Å². The van der Waals surface area contributed by atoms with Crippen molar-refractivity contribution in [2.24, 2.45) is 20.0 Å². The third-order valence-corrected chi connectivity index (χ3v) is 6.90. The number of carbonyl (C=O) groups is 1. The lowest BCUT2D eigenvalue weighted by molar-refractivity contribution is -0.120. The number of rotatable bonds is 4. The van der Waals surface area contributed by atoms with Gasteiger partial charge < -0.3 is 5.32 Å². The minimum Gasteiger partial charge on any atom is -0.309 e. The summed E-state index contributed by atoms with van der Waals surface area (Å²) in [5, 5.41) is 11.0. The summed E-state index contributed by atoms with van der Waals surface area (Å²) < 4.78 is 30.4. The maximum Gasteiger partial charge on any atom is 0.246 e. The van der Waals surface area contributed by atoms with E-state index in [4.69, 9.17) is 0 Å². The molecule has 2 aromatic heterocycles. The zero-order valence-corrected chi connectivity index (χ0v) is 16.2. The van der Waals surface area contributed by atoms with Crippen molar-refractivity contribution in [3.05, 3.63) is 23.7 Å². The summed E-state index contributed by atoms with van der Waals surface area (Å²) in [5.41, 5.74) is 1.51. The van der Waals surface area contributed by atoms with Crippen LogP contribution in [0.4, 0.5) is 5.82 Å². The molecule has 0 spiro atoms. The number of nitrogens with zero attached hydrogens (tertiary/aromatic N) is 5. The normalized spacial score (nSPS) is 18.8. The molecule has 142 valence electrons. The predicted molar refractivity (Wildman–Crippen MR) is 96.0 cm³/mol. The summed E-state index contributed by atoms with van der Waals surface area (Å²) >= 11 is 0. The molecule has 1 atom stereocenters. The molecule has 9 nitrogen and oxygen atoms in total. The van der Waals surface area contributed by atoms with Crippen molar-refractivity contribution in [2.45, 2.75) is 31.6 Å². The summed E-state index contributed by atoms with van der Waals surface area (Å²) in [7, 11) is -0.158. The Morgan fingerprint density at radius 3 is 2.58 bits per heavy atom. The predicted octanol–water partition coefficient (Wildman–Crippen LogP) is 0.810. The van der Waals surface area contributed by atoms with Gasteiger partial charge in [0.1, 0.15) is 4.90 Å². The maximum atomic E-state index is 12.9. The Bertz CT molecular complexity index is 910. The first-order valence-electron chi connectivity index (χ1n) is 8.50. The number of hydrogen-bond donors (Lipinski definition) is 1. The zero-order chi connectivity index (χ0) is 19.1. The Balaban J connectivity index is 1.74. The summed E-state index contributed by atoms with van der Waals surface area (Å²) in [5.74, 6) is -0.123. The SMILES string of the molecule is Cc1cc(NC(=O)[C@H]2CCCN(S(=O)(=O)c3cnn(C)c3C)C2)nn1C.